The van der Waals surface area contributed by atoms with Gasteiger partial charge in [-0.15, -0.1) is 5.10 Å². The van der Waals surface area contributed by atoms with Gasteiger partial charge in [0.1, 0.15) is 11.2 Å². The number of benzene rings is 1. The second-order valence-corrected chi connectivity index (χ2v) is 7.91. The highest BCUT2D eigenvalue weighted by Crippen LogP contribution is 2.38. The third-order valence-electron chi connectivity index (χ3n) is 5.79. The van der Waals surface area contributed by atoms with Crippen LogP contribution < -0.4 is 15.4 Å². The first-order chi connectivity index (χ1) is 15.4. The normalized spacial score (nSPS) is 20.2. The molecule has 0 unspecified atom stereocenters. The summed E-state index contributed by atoms with van der Waals surface area (Å²) >= 11 is 0. The van der Waals surface area contributed by atoms with E-state index in [9.17, 15) is 13.9 Å². The third kappa shape index (κ3) is 4.20. The molecule has 0 spiro atoms. The molecule has 0 radical (unpaired) electrons. The smallest absolute Gasteiger partial charge is 0.255 e. The molecule has 0 aliphatic heterocycles. The molecule has 1 fully saturated rings. The Morgan fingerprint density at radius 1 is 1.38 bits per heavy atom. The lowest BCUT2D eigenvalue weighted by atomic mass is 9.74. The number of rotatable bonds is 9. The molecular formula is C21H25F2N7O2. The van der Waals surface area contributed by atoms with Crippen LogP contribution in [0.15, 0.2) is 35.6 Å². The summed E-state index contributed by atoms with van der Waals surface area (Å²) < 4.78 is 32.5. The molecule has 0 atom stereocenters. The van der Waals surface area contributed by atoms with Gasteiger partial charge in [0.2, 0.25) is 11.8 Å². The molecule has 11 heteroatoms. The number of anilines is 2. The summed E-state index contributed by atoms with van der Waals surface area (Å²) in [6.45, 7) is 1.42. The Morgan fingerprint density at radius 2 is 2.16 bits per heavy atom. The number of nitrogens with zero attached hydrogens (tertiary/aromatic N) is 4. The molecule has 0 bridgehead atoms. The Bertz CT molecular complexity index is 1130. The first-order valence-corrected chi connectivity index (χ1v) is 10.3. The van der Waals surface area contributed by atoms with E-state index in [0.717, 1.165) is 5.56 Å². The minimum Gasteiger partial charge on any atom is -0.479 e. The molecule has 2 heterocycles. The molecular weight excluding hydrogens is 420 g/mol. The summed E-state index contributed by atoms with van der Waals surface area (Å²) in [7, 11) is 1.51. The second kappa shape index (κ2) is 8.65. The molecule has 32 heavy (non-hydrogen) atoms. The van der Waals surface area contributed by atoms with Gasteiger partial charge in [-0.2, -0.15) is 10.1 Å². The van der Waals surface area contributed by atoms with Crippen LogP contribution in [0.3, 0.4) is 0 Å². The van der Waals surface area contributed by atoms with Crippen LogP contribution in [-0.2, 0) is 0 Å². The number of nitrogens with one attached hydrogen (secondary N) is 3. The molecule has 4 N–H and O–H groups in total. The van der Waals surface area contributed by atoms with E-state index in [1.807, 2.05) is 13.0 Å². The van der Waals surface area contributed by atoms with Gasteiger partial charge in [-0.3, -0.25) is 0 Å². The highest BCUT2D eigenvalue weighted by molar-refractivity contribution is 5.87. The van der Waals surface area contributed by atoms with Crippen molar-refractivity contribution in [3.63, 3.8) is 0 Å². The number of aromatic nitrogens is 3. The van der Waals surface area contributed by atoms with Gasteiger partial charge in [0, 0.05) is 17.8 Å². The fourth-order valence-electron chi connectivity index (χ4n) is 3.99. The summed E-state index contributed by atoms with van der Waals surface area (Å²) in [5, 5.41) is 24.0. The molecule has 0 saturated heterocycles. The van der Waals surface area contributed by atoms with Gasteiger partial charge in [0.25, 0.3) is 6.43 Å². The number of halogens is 2. The Morgan fingerprint density at radius 3 is 2.81 bits per heavy atom. The van der Waals surface area contributed by atoms with Gasteiger partial charge < -0.3 is 20.5 Å². The summed E-state index contributed by atoms with van der Waals surface area (Å²) in [5.74, 6) is 0.742. The average molecular weight is 445 g/mol. The van der Waals surface area contributed by atoms with Crippen molar-refractivity contribution in [2.45, 2.75) is 44.3 Å². The number of alkyl halides is 2. The average Bonchev–Trinajstić information content (AvgIpc) is 3.19. The molecule has 2 aromatic heterocycles. The highest BCUT2D eigenvalue weighted by atomic mass is 19.3. The van der Waals surface area contributed by atoms with Crippen molar-refractivity contribution in [3.05, 3.63) is 30.5 Å². The van der Waals surface area contributed by atoms with Crippen LogP contribution in [0.4, 0.5) is 26.1 Å². The zero-order chi connectivity index (χ0) is 22.9. The zero-order valence-corrected chi connectivity index (χ0v) is 17.8. The molecule has 1 aromatic carbocycles. The maximum Gasteiger partial charge on any atom is 0.255 e. The first-order valence-electron chi connectivity index (χ1n) is 10.3. The van der Waals surface area contributed by atoms with E-state index in [2.05, 4.69) is 25.8 Å². The van der Waals surface area contributed by atoms with E-state index >= 15 is 0 Å². The Hall–Kier alpha value is -3.34. The largest absolute Gasteiger partial charge is 0.479 e. The van der Waals surface area contributed by atoms with Crippen LogP contribution in [-0.4, -0.2) is 51.4 Å². The van der Waals surface area contributed by atoms with Crippen molar-refractivity contribution in [2.75, 3.05) is 24.3 Å². The fraction of sp³-hybridized carbons (Fsp3) is 0.429. The number of hydrogen-bond acceptors (Lipinski definition) is 8. The molecule has 1 aliphatic rings. The van der Waals surface area contributed by atoms with Crippen LogP contribution in [0, 0.1) is 5.53 Å². The Kier molecular flexibility index (Phi) is 5.92. The van der Waals surface area contributed by atoms with E-state index in [-0.39, 0.29) is 11.7 Å². The van der Waals surface area contributed by atoms with Crippen molar-refractivity contribution in [2.24, 2.45) is 5.11 Å². The van der Waals surface area contributed by atoms with Crippen LogP contribution in [0.2, 0.25) is 0 Å². The summed E-state index contributed by atoms with van der Waals surface area (Å²) in [4.78, 5) is 4.48. The second-order valence-electron chi connectivity index (χ2n) is 7.91. The lowest BCUT2D eigenvalue weighted by Gasteiger charge is -2.43. The molecule has 1 aliphatic carbocycles. The topological polar surface area (TPSA) is 120 Å². The summed E-state index contributed by atoms with van der Waals surface area (Å²) in [6.07, 6.45) is 1.20. The Labute approximate surface area is 183 Å². The van der Waals surface area contributed by atoms with Crippen molar-refractivity contribution in [1.82, 2.24) is 14.6 Å². The maximum absolute atomic E-state index is 12.7. The standard InChI is InChI=1S/C21H25F2N7O2/c1-3-21(31)9-13(10-21)26-20-27-19(32-2)18-14(6-7-30(18)29-20)12-4-5-15(28-24)16(8-12)25-11-17(22)23/h4-8,13,17,24-25,31H,3,9-11H2,1-2H3,(H,26,29). The molecule has 3 aromatic rings. The van der Waals surface area contributed by atoms with Crippen molar-refractivity contribution < 1.29 is 18.6 Å². The first kappa shape index (κ1) is 21.9. The van der Waals surface area contributed by atoms with Crippen molar-refractivity contribution in [1.29, 1.82) is 5.53 Å². The van der Waals surface area contributed by atoms with Gasteiger partial charge in [-0.25, -0.2) is 18.8 Å². The van der Waals surface area contributed by atoms with Gasteiger partial charge >= 0.3 is 0 Å². The molecule has 170 valence electrons. The lowest BCUT2D eigenvalue weighted by Crippen LogP contribution is -2.50. The van der Waals surface area contributed by atoms with Gasteiger partial charge in [0.05, 0.1) is 24.9 Å². The zero-order valence-electron chi connectivity index (χ0n) is 17.8. The summed E-state index contributed by atoms with van der Waals surface area (Å²) in [6, 6.07) is 6.92. The SMILES string of the molecule is CCC1(O)CC(Nc2nc(OC)c3c(-c4ccc(N=N)c(NCC(F)F)c4)ccn3n2)C1. The van der Waals surface area contributed by atoms with Crippen LogP contribution in [0.5, 0.6) is 5.88 Å². The summed E-state index contributed by atoms with van der Waals surface area (Å²) in [5.41, 5.74) is 9.33. The minimum absolute atomic E-state index is 0.0850. The number of aliphatic hydroxyl groups is 1. The van der Waals surface area contributed by atoms with E-state index < -0.39 is 18.6 Å². The van der Waals surface area contributed by atoms with E-state index in [1.165, 1.54) is 7.11 Å². The number of fused-ring (bicyclic) bond motifs is 1. The van der Waals surface area contributed by atoms with E-state index in [4.69, 9.17) is 10.3 Å². The van der Waals surface area contributed by atoms with Gasteiger partial charge in [-0.1, -0.05) is 13.0 Å². The van der Waals surface area contributed by atoms with Crippen LogP contribution >= 0.6 is 0 Å². The van der Waals surface area contributed by atoms with E-state index in [1.54, 1.807) is 28.9 Å². The van der Waals surface area contributed by atoms with Crippen LogP contribution in [0.1, 0.15) is 26.2 Å². The predicted molar refractivity (Wildman–Crippen MR) is 116 cm³/mol. The Balaban J connectivity index is 1.66. The monoisotopic (exact) mass is 445 g/mol. The van der Waals surface area contributed by atoms with E-state index in [0.29, 0.717) is 47.9 Å². The number of ether oxygens (including phenoxy) is 1. The van der Waals surface area contributed by atoms with Gasteiger partial charge in [-0.05, 0) is 43.0 Å². The number of hydrogen-bond donors (Lipinski definition) is 4. The maximum atomic E-state index is 12.7. The van der Waals surface area contributed by atoms with Crippen molar-refractivity contribution >= 4 is 22.8 Å². The lowest BCUT2D eigenvalue weighted by molar-refractivity contribution is -0.0442. The molecule has 9 nitrogen and oxygen atoms in total. The van der Waals surface area contributed by atoms with Crippen molar-refractivity contribution in [3.8, 4) is 17.0 Å². The van der Waals surface area contributed by atoms with Crippen LogP contribution in [0.25, 0.3) is 16.6 Å². The van der Waals surface area contributed by atoms with Gasteiger partial charge in [0.15, 0.2) is 0 Å². The predicted octanol–water partition coefficient (Wildman–Crippen LogP) is 4.46. The minimum atomic E-state index is -2.53. The number of methoxy groups -OCH3 is 1. The molecule has 4 rings (SSSR count). The highest BCUT2D eigenvalue weighted by Gasteiger charge is 2.41. The quantitative estimate of drug-likeness (QED) is 0.361. The molecule has 1 saturated carbocycles. The fourth-order valence-corrected chi connectivity index (χ4v) is 3.99. The third-order valence-corrected chi connectivity index (χ3v) is 5.79. The molecule has 0 amide bonds.